The number of carbonyl (C=O) groups is 1. The summed E-state index contributed by atoms with van der Waals surface area (Å²) < 4.78 is 7.18. The minimum Gasteiger partial charge on any atom is -0.497 e. The first-order chi connectivity index (χ1) is 15.1. The van der Waals surface area contributed by atoms with E-state index in [0.717, 1.165) is 28.3 Å². The lowest BCUT2D eigenvalue weighted by Gasteiger charge is -2.07. The van der Waals surface area contributed by atoms with Gasteiger partial charge in [-0.15, -0.1) is 10.2 Å². The van der Waals surface area contributed by atoms with Crippen molar-refractivity contribution in [2.24, 2.45) is 5.10 Å². The molecule has 160 valence electrons. The lowest BCUT2D eigenvalue weighted by molar-refractivity contribution is -0.118. The van der Waals surface area contributed by atoms with E-state index < -0.39 is 0 Å². The Kier molecular flexibility index (Phi) is 8.00. The van der Waals surface area contributed by atoms with E-state index in [9.17, 15) is 4.79 Å². The Bertz CT molecular complexity index is 1060. The zero-order valence-corrected chi connectivity index (χ0v) is 18.6. The molecule has 0 fully saturated rings. The first kappa shape index (κ1) is 22.3. The van der Waals surface area contributed by atoms with Crippen LogP contribution in [0.1, 0.15) is 19.4 Å². The lowest BCUT2D eigenvalue weighted by atomic mass is 10.1. The number of amides is 1. The molecule has 8 heteroatoms. The molecule has 0 saturated heterocycles. The third kappa shape index (κ3) is 6.29. The average Bonchev–Trinajstić information content (AvgIpc) is 3.21. The highest BCUT2D eigenvalue weighted by Crippen LogP contribution is 2.25. The fourth-order valence-corrected chi connectivity index (χ4v) is 3.65. The molecule has 1 N–H and O–H groups in total. The summed E-state index contributed by atoms with van der Waals surface area (Å²) in [5.74, 6) is 1.53. The van der Waals surface area contributed by atoms with Gasteiger partial charge in [0.2, 0.25) is 0 Å². The van der Waals surface area contributed by atoms with E-state index in [1.807, 2.05) is 79.1 Å². The molecule has 0 saturated carbocycles. The molecule has 1 aromatic heterocycles. The van der Waals surface area contributed by atoms with Crippen molar-refractivity contribution in [2.75, 3.05) is 12.9 Å². The average molecular weight is 436 g/mol. The lowest BCUT2D eigenvalue weighted by Crippen LogP contribution is -2.20. The third-order valence-corrected chi connectivity index (χ3v) is 5.33. The van der Waals surface area contributed by atoms with Crippen molar-refractivity contribution >= 4 is 30.0 Å². The van der Waals surface area contributed by atoms with E-state index in [-0.39, 0.29) is 11.7 Å². The predicted molar refractivity (Wildman–Crippen MR) is 125 cm³/mol. The van der Waals surface area contributed by atoms with Crippen molar-refractivity contribution < 1.29 is 9.53 Å². The van der Waals surface area contributed by atoms with Crippen LogP contribution in [0, 0.1) is 0 Å². The maximum Gasteiger partial charge on any atom is 0.250 e. The molecular formula is C23H25N5O2S. The Morgan fingerprint density at radius 1 is 1.16 bits per heavy atom. The first-order valence-corrected chi connectivity index (χ1v) is 10.8. The molecule has 0 unspecified atom stereocenters. The molecule has 0 bridgehead atoms. The molecule has 3 aromatic rings. The van der Waals surface area contributed by atoms with Crippen LogP contribution in [0.25, 0.3) is 17.5 Å². The monoisotopic (exact) mass is 435 g/mol. The van der Waals surface area contributed by atoms with Crippen LogP contribution in [0.2, 0.25) is 0 Å². The zero-order valence-electron chi connectivity index (χ0n) is 17.8. The number of hydrogen-bond donors (Lipinski definition) is 1. The second-order valence-corrected chi connectivity index (χ2v) is 7.60. The highest BCUT2D eigenvalue weighted by Gasteiger charge is 2.14. The molecular weight excluding hydrogens is 410 g/mol. The SMILES string of the molecule is CCn1c(SCC(=O)N/N=C/C(C)=C/c2ccccc2)nnc1-c1ccc(OC)cc1. The normalized spacial score (nSPS) is 11.6. The molecule has 7 nitrogen and oxygen atoms in total. The number of nitrogens with one attached hydrogen (secondary N) is 1. The molecule has 0 radical (unpaired) electrons. The zero-order chi connectivity index (χ0) is 22.1. The van der Waals surface area contributed by atoms with Gasteiger partial charge in [0.05, 0.1) is 19.1 Å². The van der Waals surface area contributed by atoms with Crippen LogP contribution in [0.15, 0.2) is 70.4 Å². The van der Waals surface area contributed by atoms with Gasteiger partial charge in [-0.05, 0) is 49.2 Å². The van der Waals surface area contributed by atoms with Crippen LogP contribution < -0.4 is 10.2 Å². The fourth-order valence-electron chi connectivity index (χ4n) is 2.85. The summed E-state index contributed by atoms with van der Waals surface area (Å²) in [6.07, 6.45) is 3.63. The standard InChI is InChI=1S/C23H25N5O2S/c1-4-28-22(19-10-12-20(30-3)13-11-19)26-27-23(28)31-16-21(29)25-24-15-17(2)14-18-8-6-5-7-9-18/h5-15H,4,16H2,1-3H3,(H,25,29)/b17-14+,24-15+. The van der Waals surface area contributed by atoms with E-state index in [0.29, 0.717) is 11.7 Å². The van der Waals surface area contributed by atoms with Crippen molar-refractivity contribution in [3.05, 3.63) is 65.7 Å². The number of methoxy groups -OCH3 is 1. The Hall–Kier alpha value is -3.39. The van der Waals surface area contributed by atoms with E-state index >= 15 is 0 Å². The van der Waals surface area contributed by atoms with Crippen molar-refractivity contribution in [1.29, 1.82) is 0 Å². The largest absolute Gasteiger partial charge is 0.497 e. The van der Waals surface area contributed by atoms with Gasteiger partial charge in [0, 0.05) is 12.1 Å². The van der Waals surface area contributed by atoms with Gasteiger partial charge in [0.25, 0.3) is 5.91 Å². The van der Waals surface area contributed by atoms with Gasteiger partial charge < -0.3 is 9.30 Å². The van der Waals surface area contributed by atoms with Gasteiger partial charge in [-0.2, -0.15) is 5.10 Å². The number of ether oxygens (including phenoxy) is 1. The number of allylic oxidation sites excluding steroid dienone is 1. The fraction of sp³-hybridized carbons (Fsp3) is 0.217. The van der Waals surface area contributed by atoms with Gasteiger partial charge in [-0.3, -0.25) is 4.79 Å². The quantitative estimate of drug-likeness (QED) is 0.308. The maximum atomic E-state index is 12.2. The number of thioether (sulfide) groups is 1. The third-order valence-electron chi connectivity index (χ3n) is 4.36. The second kappa shape index (κ2) is 11.1. The molecule has 1 heterocycles. The second-order valence-electron chi connectivity index (χ2n) is 6.66. The summed E-state index contributed by atoms with van der Waals surface area (Å²) in [5.41, 5.74) is 5.52. The molecule has 0 spiro atoms. The number of benzene rings is 2. The number of hydrazone groups is 1. The highest BCUT2D eigenvalue weighted by molar-refractivity contribution is 7.99. The molecule has 31 heavy (non-hydrogen) atoms. The molecule has 0 atom stereocenters. The number of carbonyl (C=O) groups excluding carboxylic acids is 1. The topological polar surface area (TPSA) is 81.4 Å². The predicted octanol–water partition coefficient (Wildman–Crippen LogP) is 4.27. The maximum absolute atomic E-state index is 12.2. The van der Waals surface area contributed by atoms with Gasteiger partial charge in [0.15, 0.2) is 11.0 Å². The Labute approximate surface area is 186 Å². The number of rotatable bonds is 9. The van der Waals surface area contributed by atoms with Crippen LogP contribution in [0.4, 0.5) is 0 Å². The van der Waals surface area contributed by atoms with Crippen LogP contribution in [-0.4, -0.2) is 39.7 Å². The Balaban J connectivity index is 1.56. The molecule has 3 rings (SSSR count). The highest BCUT2D eigenvalue weighted by atomic mass is 32.2. The summed E-state index contributed by atoms with van der Waals surface area (Å²) in [5, 5.41) is 13.3. The minimum atomic E-state index is -0.203. The van der Waals surface area contributed by atoms with E-state index in [2.05, 4.69) is 20.7 Å². The van der Waals surface area contributed by atoms with Gasteiger partial charge in [-0.1, -0.05) is 48.2 Å². The van der Waals surface area contributed by atoms with Crippen LogP contribution in [0.5, 0.6) is 5.75 Å². The smallest absolute Gasteiger partial charge is 0.250 e. The number of aromatic nitrogens is 3. The van der Waals surface area contributed by atoms with Gasteiger partial charge in [0.1, 0.15) is 5.75 Å². The minimum absolute atomic E-state index is 0.194. The van der Waals surface area contributed by atoms with Crippen molar-refractivity contribution in [2.45, 2.75) is 25.5 Å². The molecule has 0 aliphatic rings. The van der Waals surface area contributed by atoms with Crippen LogP contribution >= 0.6 is 11.8 Å². The Morgan fingerprint density at radius 2 is 1.90 bits per heavy atom. The van der Waals surface area contributed by atoms with Gasteiger partial charge >= 0.3 is 0 Å². The molecule has 0 aliphatic carbocycles. The molecule has 1 amide bonds. The molecule has 0 aliphatic heterocycles. The van der Waals surface area contributed by atoms with Gasteiger partial charge in [-0.25, -0.2) is 5.43 Å². The Morgan fingerprint density at radius 3 is 2.58 bits per heavy atom. The molecule has 2 aromatic carbocycles. The van der Waals surface area contributed by atoms with Crippen LogP contribution in [-0.2, 0) is 11.3 Å². The van der Waals surface area contributed by atoms with Crippen molar-refractivity contribution in [3.63, 3.8) is 0 Å². The summed E-state index contributed by atoms with van der Waals surface area (Å²) in [4.78, 5) is 12.2. The van der Waals surface area contributed by atoms with E-state index in [1.54, 1.807) is 13.3 Å². The number of hydrogen-bond acceptors (Lipinski definition) is 6. The summed E-state index contributed by atoms with van der Waals surface area (Å²) >= 11 is 1.33. The van der Waals surface area contributed by atoms with Crippen molar-refractivity contribution in [1.82, 2.24) is 20.2 Å². The number of nitrogens with zero attached hydrogens (tertiary/aromatic N) is 4. The summed E-state index contributed by atoms with van der Waals surface area (Å²) in [6.45, 7) is 4.65. The van der Waals surface area contributed by atoms with E-state index in [4.69, 9.17) is 4.74 Å². The van der Waals surface area contributed by atoms with E-state index in [1.165, 1.54) is 11.8 Å². The summed E-state index contributed by atoms with van der Waals surface area (Å²) in [7, 11) is 1.63. The first-order valence-electron chi connectivity index (χ1n) is 9.86. The van der Waals surface area contributed by atoms with Crippen LogP contribution in [0.3, 0.4) is 0 Å². The summed E-state index contributed by atoms with van der Waals surface area (Å²) in [6, 6.07) is 17.6. The van der Waals surface area contributed by atoms with Crippen molar-refractivity contribution in [3.8, 4) is 17.1 Å².